The first-order chi connectivity index (χ1) is 17.3. The number of carbonyl (C=O) groups is 2. The molecule has 3 aromatic rings. The van der Waals surface area contributed by atoms with Gasteiger partial charge in [-0.2, -0.15) is 0 Å². The van der Waals surface area contributed by atoms with Gasteiger partial charge in [0.15, 0.2) is 0 Å². The van der Waals surface area contributed by atoms with Crippen LogP contribution in [-0.4, -0.2) is 28.4 Å². The lowest BCUT2D eigenvalue weighted by atomic mass is 10.0. The van der Waals surface area contributed by atoms with Crippen molar-refractivity contribution >= 4 is 57.4 Å². The fraction of sp³-hybridized carbons (Fsp3) is 0.200. The number of hydrazine groups is 1. The molecule has 2 N–H and O–H groups in total. The SMILES string of the molecule is CCCCOc1ccc(C(=O)NN2C(=O)c3cc(I)ccc3NC2c2ccc(Cl)c([N+](=O)[O-])c2)cc1. The summed E-state index contributed by atoms with van der Waals surface area (Å²) in [6.45, 7) is 2.66. The quantitative estimate of drug-likeness (QED) is 0.139. The molecule has 1 aliphatic rings. The number of nitro groups is 1. The number of fused-ring (bicyclic) bond motifs is 1. The number of nitro benzene ring substituents is 1. The number of rotatable bonds is 8. The molecule has 0 aromatic heterocycles. The molecule has 3 aromatic carbocycles. The van der Waals surface area contributed by atoms with Gasteiger partial charge in [-0.15, -0.1) is 0 Å². The van der Waals surface area contributed by atoms with Crippen molar-refractivity contribution in [2.45, 2.75) is 25.9 Å². The fourth-order valence-electron chi connectivity index (χ4n) is 3.68. The minimum atomic E-state index is -0.915. The maximum Gasteiger partial charge on any atom is 0.288 e. The summed E-state index contributed by atoms with van der Waals surface area (Å²) in [5.74, 6) is -0.337. The molecule has 1 atom stereocenters. The van der Waals surface area contributed by atoms with Gasteiger partial charge >= 0.3 is 0 Å². The predicted molar refractivity (Wildman–Crippen MR) is 144 cm³/mol. The Balaban J connectivity index is 1.65. The molecular formula is C25H22ClIN4O5. The van der Waals surface area contributed by atoms with E-state index in [4.69, 9.17) is 16.3 Å². The smallest absolute Gasteiger partial charge is 0.288 e. The number of nitrogens with one attached hydrogen (secondary N) is 2. The summed E-state index contributed by atoms with van der Waals surface area (Å²) in [7, 11) is 0. The van der Waals surface area contributed by atoms with Crippen molar-refractivity contribution in [2.24, 2.45) is 0 Å². The van der Waals surface area contributed by atoms with Crippen LogP contribution in [0.2, 0.25) is 5.02 Å². The largest absolute Gasteiger partial charge is 0.494 e. The lowest BCUT2D eigenvalue weighted by Crippen LogP contribution is -2.52. The molecule has 0 saturated carbocycles. The average Bonchev–Trinajstić information content (AvgIpc) is 2.86. The number of halogens is 2. The first-order valence-electron chi connectivity index (χ1n) is 11.2. The molecule has 1 unspecified atom stereocenters. The van der Waals surface area contributed by atoms with Crippen LogP contribution in [-0.2, 0) is 0 Å². The van der Waals surface area contributed by atoms with E-state index in [-0.39, 0.29) is 10.7 Å². The highest BCUT2D eigenvalue weighted by atomic mass is 127. The van der Waals surface area contributed by atoms with Crippen molar-refractivity contribution in [1.29, 1.82) is 0 Å². The van der Waals surface area contributed by atoms with Gasteiger partial charge in [0.1, 0.15) is 16.9 Å². The molecule has 9 nitrogen and oxygen atoms in total. The van der Waals surface area contributed by atoms with Gasteiger partial charge in [-0.3, -0.25) is 25.1 Å². The van der Waals surface area contributed by atoms with Crippen LogP contribution in [0.1, 0.15) is 52.2 Å². The van der Waals surface area contributed by atoms with Crippen LogP contribution in [0.25, 0.3) is 0 Å². The summed E-state index contributed by atoms with van der Waals surface area (Å²) in [5, 5.41) is 15.8. The molecule has 1 heterocycles. The second kappa shape index (κ2) is 11.1. The van der Waals surface area contributed by atoms with Gasteiger partial charge in [-0.25, -0.2) is 5.01 Å². The lowest BCUT2D eigenvalue weighted by Gasteiger charge is -2.37. The molecule has 0 radical (unpaired) electrons. The van der Waals surface area contributed by atoms with E-state index in [0.29, 0.717) is 34.7 Å². The minimum absolute atomic E-state index is 0.0299. The molecule has 186 valence electrons. The van der Waals surface area contributed by atoms with Gasteiger partial charge in [-0.1, -0.05) is 31.0 Å². The maximum absolute atomic E-state index is 13.5. The molecule has 4 rings (SSSR count). The van der Waals surface area contributed by atoms with Crippen LogP contribution < -0.4 is 15.5 Å². The van der Waals surface area contributed by atoms with E-state index in [0.717, 1.165) is 21.4 Å². The number of nitrogens with zero attached hydrogens (tertiary/aromatic N) is 2. The van der Waals surface area contributed by atoms with Crippen LogP contribution in [0.3, 0.4) is 0 Å². The van der Waals surface area contributed by atoms with Gasteiger partial charge in [0.05, 0.1) is 17.1 Å². The first kappa shape index (κ1) is 25.7. The fourth-order valence-corrected chi connectivity index (χ4v) is 4.35. The van der Waals surface area contributed by atoms with Gasteiger partial charge in [-0.05, 0) is 77.5 Å². The Hall–Kier alpha value is -3.38. The Bertz CT molecular complexity index is 1320. The zero-order valence-electron chi connectivity index (χ0n) is 19.2. The normalized spacial score (nSPS) is 14.6. The van der Waals surface area contributed by atoms with E-state index >= 15 is 0 Å². The summed E-state index contributed by atoms with van der Waals surface area (Å²) < 4.78 is 6.48. The lowest BCUT2D eigenvalue weighted by molar-refractivity contribution is -0.384. The molecule has 1 aliphatic heterocycles. The molecule has 36 heavy (non-hydrogen) atoms. The third-order valence-corrected chi connectivity index (χ3v) is 6.56. The number of carbonyl (C=O) groups excluding carboxylic acids is 2. The van der Waals surface area contributed by atoms with Crippen molar-refractivity contribution in [1.82, 2.24) is 10.4 Å². The summed E-state index contributed by atoms with van der Waals surface area (Å²) in [6, 6.07) is 16.1. The van der Waals surface area contributed by atoms with E-state index in [9.17, 15) is 19.7 Å². The molecule has 0 aliphatic carbocycles. The number of benzene rings is 3. The number of hydrogen-bond donors (Lipinski definition) is 2. The van der Waals surface area contributed by atoms with Crippen molar-refractivity contribution in [3.05, 3.63) is 96.1 Å². The van der Waals surface area contributed by atoms with Crippen LogP contribution in [0.4, 0.5) is 11.4 Å². The van der Waals surface area contributed by atoms with E-state index in [1.165, 1.54) is 12.1 Å². The number of hydrogen-bond acceptors (Lipinski definition) is 6. The average molecular weight is 621 g/mol. The summed E-state index contributed by atoms with van der Waals surface area (Å²) in [5.41, 5.74) is 3.97. The standard InChI is InChI=1S/C25H22ClIN4O5/c1-2-3-12-36-18-8-4-15(5-9-18)24(32)29-30-23(16-6-10-20(26)22(13-16)31(34)35)28-21-11-7-17(27)14-19(21)25(30)33/h4-11,13-14,23,28H,2-3,12H2,1H3,(H,29,32). The van der Waals surface area contributed by atoms with Crippen LogP contribution in [0, 0.1) is 13.7 Å². The second-order valence-corrected chi connectivity index (χ2v) is 9.70. The van der Waals surface area contributed by atoms with E-state index < -0.39 is 22.9 Å². The van der Waals surface area contributed by atoms with Crippen LogP contribution >= 0.6 is 34.2 Å². The summed E-state index contributed by atoms with van der Waals surface area (Å²) in [4.78, 5) is 37.5. The molecule has 2 amide bonds. The number of amides is 2. The third-order valence-electron chi connectivity index (χ3n) is 5.57. The van der Waals surface area contributed by atoms with Gasteiger partial charge in [0, 0.05) is 26.5 Å². The first-order valence-corrected chi connectivity index (χ1v) is 12.6. The highest BCUT2D eigenvalue weighted by molar-refractivity contribution is 14.1. The molecule has 0 bridgehead atoms. The van der Waals surface area contributed by atoms with Crippen molar-refractivity contribution < 1.29 is 19.2 Å². The Kier molecular flexibility index (Phi) is 7.94. The Morgan fingerprint density at radius 1 is 1.19 bits per heavy atom. The van der Waals surface area contributed by atoms with E-state index in [1.54, 1.807) is 42.5 Å². The van der Waals surface area contributed by atoms with Gasteiger partial charge in [0.2, 0.25) is 0 Å². The number of ether oxygens (including phenoxy) is 1. The van der Waals surface area contributed by atoms with Crippen LogP contribution in [0.5, 0.6) is 5.75 Å². The van der Waals surface area contributed by atoms with Gasteiger partial charge in [0.25, 0.3) is 17.5 Å². The molecular weight excluding hydrogens is 599 g/mol. The Morgan fingerprint density at radius 2 is 1.94 bits per heavy atom. The van der Waals surface area contributed by atoms with E-state index in [1.807, 2.05) is 6.07 Å². The topological polar surface area (TPSA) is 114 Å². The highest BCUT2D eigenvalue weighted by Crippen LogP contribution is 2.35. The minimum Gasteiger partial charge on any atom is -0.494 e. The van der Waals surface area contributed by atoms with Crippen LogP contribution in [0.15, 0.2) is 60.7 Å². The van der Waals surface area contributed by atoms with Gasteiger partial charge < -0.3 is 10.1 Å². The highest BCUT2D eigenvalue weighted by Gasteiger charge is 2.35. The second-order valence-electron chi connectivity index (χ2n) is 8.05. The third kappa shape index (κ3) is 5.54. The molecule has 11 heteroatoms. The summed E-state index contributed by atoms with van der Waals surface area (Å²) in [6.07, 6.45) is 1.02. The maximum atomic E-state index is 13.5. The van der Waals surface area contributed by atoms with Crippen molar-refractivity contribution in [2.75, 3.05) is 11.9 Å². The molecule has 0 spiro atoms. The predicted octanol–water partition coefficient (Wildman–Crippen LogP) is 5.94. The monoisotopic (exact) mass is 620 g/mol. The molecule has 0 fully saturated rings. The van der Waals surface area contributed by atoms with Crippen molar-refractivity contribution in [3.8, 4) is 5.75 Å². The zero-order chi connectivity index (χ0) is 25.8. The Labute approximate surface area is 226 Å². The number of unbranched alkanes of at least 4 members (excludes halogenated alkanes) is 1. The number of anilines is 1. The van der Waals surface area contributed by atoms with Crippen molar-refractivity contribution in [3.63, 3.8) is 0 Å². The zero-order valence-corrected chi connectivity index (χ0v) is 22.1. The Morgan fingerprint density at radius 3 is 2.64 bits per heavy atom. The summed E-state index contributed by atoms with van der Waals surface area (Å²) >= 11 is 8.08. The van der Waals surface area contributed by atoms with E-state index in [2.05, 4.69) is 40.3 Å². The molecule has 0 saturated heterocycles.